The van der Waals surface area contributed by atoms with Crippen molar-refractivity contribution in [2.75, 3.05) is 25.1 Å². The lowest BCUT2D eigenvalue weighted by atomic mass is 10.0. The number of nitrogens with one attached hydrogen (secondary N) is 1. The molecule has 1 aromatic heterocycles. The third kappa shape index (κ3) is 5.86. The highest BCUT2D eigenvalue weighted by molar-refractivity contribution is 5.92. The molecular weight excluding hydrogens is 414 g/mol. The average Bonchev–Trinajstić information content (AvgIpc) is 3.20. The zero-order valence-electron chi connectivity index (χ0n) is 18.8. The van der Waals surface area contributed by atoms with Gasteiger partial charge in [0.05, 0.1) is 11.0 Å². The van der Waals surface area contributed by atoms with Crippen molar-refractivity contribution in [2.45, 2.75) is 26.0 Å². The van der Waals surface area contributed by atoms with Crippen LogP contribution in [0.5, 0.6) is 0 Å². The van der Waals surface area contributed by atoms with Gasteiger partial charge in [0.1, 0.15) is 12.7 Å². The van der Waals surface area contributed by atoms with Gasteiger partial charge in [0.25, 0.3) is 5.91 Å². The Labute approximate surface area is 194 Å². The van der Waals surface area contributed by atoms with Crippen molar-refractivity contribution in [1.29, 1.82) is 0 Å². The third-order valence-corrected chi connectivity index (χ3v) is 5.37. The summed E-state index contributed by atoms with van der Waals surface area (Å²) in [6, 6.07) is 27.7. The highest BCUT2D eigenvalue weighted by Gasteiger charge is 2.18. The van der Waals surface area contributed by atoms with Crippen LogP contribution in [-0.2, 0) is 20.8 Å². The molecule has 4 rings (SSSR count). The van der Waals surface area contributed by atoms with Gasteiger partial charge >= 0.3 is 0 Å². The Balaban J connectivity index is 1.47. The molecular formula is C27H29N3O3. The summed E-state index contributed by atoms with van der Waals surface area (Å²) in [5.74, 6) is 0.283. The number of carbonyl (C=O) groups excluding carboxylic acids is 1. The van der Waals surface area contributed by atoms with E-state index < -0.39 is 0 Å². The molecule has 0 unspecified atom stereocenters. The molecule has 1 N–H and O–H groups in total. The van der Waals surface area contributed by atoms with Crippen molar-refractivity contribution >= 4 is 22.9 Å². The summed E-state index contributed by atoms with van der Waals surface area (Å²) in [6.45, 7) is 3.95. The molecule has 0 saturated carbocycles. The molecule has 0 saturated heterocycles. The SMILES string of the molecule is CCOCCCn1c(NC(=O)COC(c2ccccc2)c2ccccc2)nc2ccccc21. The van der Waals surface area contributed by atoms with Crippen molar-refractivity contribution in [3.8, 4) is 0 Å². The van der Waals surface area contributed by atoms with Gasteiger partial charge < -0.3 is 14.0 Å². The molecule has 0 atom stereocenters. The summed E-state index contributed by atoms with van der Waals surface area (Å²) < 4.78 is 13.6. The van der Waals surface area contributed by atoms with Gasteiger partial charge in [0.2, 0.25) is 5.95 Å². The summed E-state index contributed by atoms with van der Waals surface area (Å²) in [7, 11) is 0. The van der Waals surface area contributed by atoms with E-state index >= 15 is 0 Å². The predicted molar refractivity (Wildman–Crippen MR) is 130 cm³/mol. The number of benzene rings is 3. The molecule has 3 aromatic carbocycles. The number of amides is 1. The first-order chi connectivity index (χ1) is 16.3. The fourth-order valence-corrected chi connectivity index (χ4v) is 3.83. The Morgan fingerprint density at radius 2 is 1.58 bits per heavy atom. The number of hydrogen-bond donors (Lipinski definition) is 1. The van der Waals surface area contributed by atoms with Gasteiger partial charge in [0.15, 0.2) is 0 Å². The number of aromatic nitrogens is 2. The van der Waals surface area contributed by atoms with Crippen molar-refractivity contribution in [3.05, 3.63) is 96.1 Å². The number of imidazole rings is 1. The molecule has 0 aliphatic rings. The van der Waals surface area contributed by atoms with E-state index in [2.05, 4.69) is 10.3 Å². The van der Waals surface area contributed by atoms with Gasteiger partial charge in [-0.3, -0.25) is 10.1 Å². The number of para-hydroxylation sites is 2. The molecule has 6 heteroatoms. The molecule has 170 valence electrons. The van der Waals surface area contributed by atoms with Gasteiger partial charge in [-0.25, -0.2) is 4.98 Å². The zero-order chi connectivity index (χ0) is 22.9. The second-order valence-electron chi connectivity index (χ2n) is 7.69. The van der Waals surface area contributed by atoms with Crippen LogP contribution in [-0.4, -0.2) is 35.3 Å². The van der Waals surface area contributed by atoms with E-state index in [1.807, 2.05) is 96.4 Å². The fourth-order valence-electron chi connectivity index (χ4n) is 3.83. The normalized spacial score (nSPS) is 11.2. The lowest BCUT2D eigenvalue weighted by molar-refractivity contribution is -0.122. The minimum atomic E-state index is -0.330. The molecule has 0 spiro atoms. The van der Waals surface area contributed by atoms with Crippen LogP contribution in [0.2, 0.25) is 0 Å². The van der Waals surface area contributed by atoms with Gasteiger partial charge in [-0.2, -0.15) is 0 Å². The Morgan fingerprint density at radius 1 is 0.939 bits per heavy atom. The van der Waals surface area contributed by atoms with Crippen LogP contribution in [0.4, 0.5) is 5.95 Å². The van der Waals surface area contributed by atoms with Crippen molar-refractivity contribution < 1.29 is 14.3 Å². The summed E-state index contributed by atoms with van der Waals surface area (Å²) >= 11 is 0. The van der Waals surface area contributed by atoms with Gasteiger partial charge in [-0.05, 0) is 36.6 Å². The minimum Gasteiger partial charge on any atom is -0.382 e. The lowest BCUT2D eigenvalue weighted by Crippen LogP contribution is -2.23. The summed E-state index contributed by atoms with van der Waals surface area (Å²) in [4.78, 5) is 17.5. The van der Waals surface area contributed by atoms with Crippen molar-refractivity contribution in [2.24, 2.45) is 0 Å². The molecule has 4 aromatic rings. The van der Waals surface area contributed by atoms with Crippen LogP contribution in [0.25, 0.3) is 11.0 Å². The Kier molecular flexibility index (Phi) is 7.85. The van der Waals surface area contributed by atoms with Crippen LogP contribution in [0.1, 0.15) is 30.6 Å². The second-order valence-corrected chi connectivity index (χ2v) is 7.69. The topological polar surface area (TPSA) is 65.4 Å². The maximum Gasteiger partial charge on any atom is 0.252 e. The van der Waals surface area contributed by atoms with E-state index in [9.17, 15) is 4.79 Å². The van der Waals surface area contributed by atoms with Crippen LogP contribution in [0, 0.1) is 0 Å². The molecule has 0 aliphatic heterocycles. The maximum atomic E-state index is 12.9. The average molecular weight is 444 g/mol. The number of carbonyl (C=O) groups is 1. The monoisotopic (exact) mass is 443 g/mol. The summed E-state index contributed by atoms with van der Waals surface area (Å²) in [5, 5.41) is 2.95. The quantitative estimate of drug-likeness (QED) is 0.323. The number of rotatable bonds is 11. The largest absolute Gasteiger partial charge is 0.382 e. The van der Waals surface area contributed by atoms with E-state index in [-0.39, 0.29) is 18.6 Å². The van der Waals surface area contributed by atoms with Crippen LogP contribution in [0.15, 0.2) is 84.9 Å². The smallest absolute Gasteiger partial charge is 0.252 e. The fraction of sp³-hybridized carbons (Fsp3) is 0.259. The van der Waals surface area contributed by atoms with E-state index in [4.69, 9.17) is 9.47 Å². The standard InChI is InChI=1S/C27H29N3O3/c1-2-32-19-11-18-30-24-17-10-9-16-23(24)28-27(30)29-25(31)20-33-26(21-12-5-3-6-13-21)22-14-7-4-8-15-22/h3-10,12-17,26H,2,11,18-20H2,1H3,(H,28,29,31). The van der Waals surface area contributed by atoms with Crippen molar-refractivity contribution in [3.63, 3.8) is 0 Å². The second kappa shape index (κ2) is 11.4. The van der Waals surface area contributed by atoms with E-state index in [1.54, 1.807) is 0 Å². The Bertz CT molecular complexity index is 1120. The number of fused-ring (bicyclic) bond motifs is 1. The third-order valence-electron chi connectivity index (χ3n) is 5.37. The Morgan fingerprint density at radius 3 is 2.24 bits per heavy atom. The molecule has 1 heterocycles. The first-order valence-electron chi connectivity index (χ1n) is 11.3. The van der Waals surface area contributed by atoms with Gasteiger partial charge in [0, 0.05) is 19.8 Å². The highest BCUT2D eigenvalue weighted by atomic mass is 16.5. The molecule has 0 aliphatic carbocycles. The molecule has 6 nitrogen and oxygen atoms in total. The molecule has 1 amide bonds. The summed E-state index contributed by atoms with van der Waals surface area (Å²) in [5.41, 5.74) is 3.83. The lowest BCUT2D eigenvalue weighted by Gasteiger charge is -2.19. The van der Waals surface area contributed by atoms with E-state index in [0.717, 1.165) is 28.6 Å². The van der Waals surface area contributed by atoms with Gasteiger partial charge in [-0.15, -0.1) is 0 Å². The summed E-state index contributed by atoms with van der Waals surface area (Å²) in [6.07, 6.45) is 0.501. The molecule has 0 bridgehead atoms. The van der Waals surface area contributed by atoms with Gasteiger partial charge in [-0.1, -0.05) is 72.8 Å². The first kappa shape index (κ1) is 22.7. The number of anilines is 1. The van der Waals surface area contributed by atoms with Crippen LogP contribution >= 0.6 is 0 Å². The maximum absolute atomic E-state index is 12.9. The predicted octanol–water partition coefficient (Wildman–Crippen LogP) is 5.21. The number of nitrogens with zero attached hydrogens (tertiary/aromatic N) is 2. The van der Waals surface area contributed by atoms with Crippen LogP contribution in [0.3, 0.4) is 0 Å². The van der Waals surface area contributed by atoms with Crippen LogP contribution < -0.4 is 5.32 Å². The minimum absolute atomic E-state index is 0.0867. The molecule has 0 fully saturated rings. The van der Waals surface area contributed by atoms with Crippen molar-refractivity contribution in [1.82, 2.24) is 9.55 Å². The number of aryl methyl sites for hydroxylation is 1. The number of hydrogen-bond acceptors (Lipinski definition) is 4. The Hall–Kier alpha value is -3.48. The highest BCUT2D eigenvalue weighted by Crippen LogP contribution is 2.26. The first-order valence-corrected chi connectivity index (χ1v) is 11.3. The molecule has 33 heavy (non-hydrogen) atoms. The van der Waals surface area contributed by atoms with E-state index in [1.165, 1.54) is 0 Å². The zero-order valence-corrected chi connectivity index (χ0v) is 18.8. The van der Waals surface area contributed by atoms with E-state index in [0.29, 0.717) is 25.7 Å². The number of ether oxygens (including phenoxy) is 2. The molecule has 0 radical (unpaired) electrons.